The van der Waals surface area contributed by atoms with Crippen LogP contribution in [-0.2, 0) is 4.79 Å². The Bertz CT molecular complexity index is 264. The lowest BCUT2D eigenvalue weighted by molar-refractivity contribution is -0.121. The maximum Gasteiger partial charge on any atom is 0.221 e. The second kappa shape index (κ2) is 6.32. The first-order chi connectivity index (χ1) is 7.61. The molecule has 0 bridgehead atoms. The van der Waals surface area contributed by atoms with E-state index in [1.807, 2.05) is 6.92 Å². The van der Waals surface area contributed by atoms with Gasteiger partial charge in [-0.2, -0.15) is 0 Å². The Hall–Kier alpha value is -1.30. The van der Waals surface area contributed by atoms with Crippen LogP contribution in [0, 0.1) is 0 Å². The monoisotopic (exact) mass is 228 g/mol. The number of nitrogens with zero attached hydrogens (tertiary/aromatic N) is 1. The summed E-state index contributed by atoms with van der Waals surface area (Å²) in [7, 11) is 0. The molecule has 0 heterocycles. The van der Waals surface area contributed by atoms with Crippen molar-refractivity contribution in [1.29, 1.82) is 0 Å². The minimum Gasteiger partial charge on any atom is -0.409 e. The molecule has 0 aromatic carbocycles. The fourth-order valence-electron chi connectivity index (χ4n) is 1.39. The van der Waals surface area contributed by atoms with Gasteiger partial charge in [-0.1, -0.05) is 5.16 Å². The molecule has 0 saturated heterocycles. The molecule has 0 aliphatic heterocycles. The van der Waals surface area contributed by atoms with Gasteiger partial charge in [-0.15, -0.1) is 0 Å². The molecule has 6 nitrogen and oxygen atoms in total. The molecular formula is C10H20N4O2. The Morgan fingerprint density at radius 3 is 2.88 bits per heavy atom. The van der Waals surface area contributed by atoms with Gasteiger partial charge in [0.15, 0.2) is 0 Å². The molecule has 1 unspecified atom stereocenters. The third-order valence-electron chi connectivity index (χ3n) is 2.43. The number of amidine groups is 1. The fraction of sp³-hybridized carbons (Fsp3) is 0.800. The average molecular weight is 228 g/mol. The van der Waals surface area contributed by atoms with Gasteiger partial charge >= 0.3 is 0 Å². The van der Waals surface area contributed by atoms with Crippen molar-refractivity contribution >= 4 is 11.7 Å². The summed E-state index contributed by atoms with van der Waals surface area (Å²) in [4.78, 5) is 11.3. The largest absolute Gasteiger partial charge is 0.409 e. The van der Waals surface area contributed by atoms with Gasteiger partial charge in [0.25, 0.3) is 0 Å². The highest BCUT2D eigenvalue weighted by atomic mass is 16.4. The number of hydrogen-bond donors (Lipinski definition) is 4. The molecular weight excluding hydrogens is 208 g/mol. The molecule has 1 atom stereocenters. The molecule has 1 amide bonds. The lowest BCUT2D eigenvalue weighted by Crippen LogP contribution is -2.35. The third-order valence-corrected chi connectivity index (χ3v) is 2.43. The first kappa shape index (κ1) is 12.8. The first-order valence-corrected chi connectivity index (χ1v) is 5.61. The summed E-state index contributed by atoms with van der Waals surface area (Å²) in [5.74, 6) is 0.286. The van der Waals surface area contributed by atoms with E-state index in [1.165, 1.54) is 0 Å². The quantitative estimate of drug-likeness (QED) is 0.209. The Balaban J connectivity index is 2.02. The van der Waals surface area contributed by atoms with E-state index >= 15 is 0 Å². The van der Waals surface area contributed by atoms with Crippen LogP contribution in [0.4, 0.5) is 0 Å². The number of nitrogens with one attached hydrogen (secondary N) is 2. The zero-order valence-electron chi connectivity index (χ0n) is 9.57. The van der Waals surface area contributed by atoms with Crippen LogP contribution in [0.2, 0.25) is 0 Å². The van der Waals surface area contributed by atoms with Gasteiger partial charge in [0.1, 0.15) is 5.84 Å². The minimum absolute atomic E-state index is 0.0889. The number of amides is 1. The highest BCUT2D eigenvalue weighted by molar-refractivity contribution is 5.80. The Kier molecular flexibility index (Phi) is 5.04. The zero-order chi connectivity index (χ0) is 12.0. The van der Waals surface area contributed by atoms with E-state index in [2.05, 4.69) is 15.8 Å². The molecule has 0 radical (unpaired) electrons. The molecule has 1 aliphatic carbocycles. The molecule has 0 spiro atoms. The summed E-state index contributed by atoms with van der Waals surface area (Å²) in [6.45, 7) is 2.54. The smallest absolute Gasteiger partial charge is 0.221 e. The molecule has 1 fully saturated rings. The summed E-state index contributed by atoms with van der Waals surface area (Å²) in [6, 6.07) is 0.520. The maximum absolute atomic E-state index is 11.3. The third kappa shape index (κ3) is 5.55. The van der Waals surface area contributed by atoms with Crippen LogP contribution in [0.25, 0.3) is 0 Å². The van der Waals surface area contributed by atoms with E-state index in [0.29, 0.717) is 25.4 Å². The van der Waals surface area contributed by atoms with Crippen molar-refractivity contribution in [3.63, 3.8) is 0 Å². The summed E-state index contributed by atoms with van der Waals surface area (Å²) >= 11 is 0. The number of carbonyl (C=O) groups excluding carboxylic acids is 1. The van der Waals surface area contributed by atoms with Crippen LogP contribution in [0.5, 0.6) is 0 Å². The van der Waals surface area contributed by atoms with Crippen LogP contribution in [0.1, 0.15) is 32.6 Å². The fourth-order valence-corrected chi connectivity index (χ4v) is 1.39. The van der Waals surface area contributed by atoms with E-state index in [1.54, 1.807) is 0 Å². The Morgan fingerprint density at radius 1 is 1.62 bits per heavy atom. The standard InChI is InChI=1S/C10H20N4O2/c1-7(6-9(11)14-16)12-5-4-10(15)13-8-2-3-8/h7-8,12,16H,2-6H2,1H3,(H2,11,14)(H,13,15). The van der Waals surface area contributed by atoms with Crippen LogP contribution >= 0.6 is 0 Å². The van der Waals surface area contributed by atoms with Crippen LogP contribution in [0.15, 0.2) is 5.16 Å². The van der Waals surface area contributed by atoms with Crippen molar-refractivity contribution in [3.8, 4) is 0 Å². The highest BCUT2D eigenvalue weighted by Gasteiger charge is 2.22. The van der Waals surface area contributed by atoms with Crippen molar-refractivity contribution in [2.75, 3.05) is 6.54 Å². The first-order valence-electron chi connectivity index (χ1n) is 5.61. The van der Waals surface area contributed by atoms with Gasteiger partial charge in [-0.25, -0.2) is 0 Å². The molecule has 0 aromatic rings. The van der Waals surface area contributed by atoms with Gasteiger partial charge in [0.2, 0.25) is 5.91 Å². The summed E-state index contributed by atoms with van der Waals surface area (Å²) in [6.07, 6.45) is 3.16. The summed E-state index contributed by atoms with van der Waals surface area (Å²) in [5.41, 5.74) is 5.36. The molecule has 6 heteroatoms. The van der Waals surface area contributed by atoms with E-state index in [-0.39, 0.29) is 17.8 Å². The Morgan fingerprint density at radius 2 is 2.31 bits per heavy atom. The van der Waals surface area contributed by atoms with Crippen molar-refractivity contribution in [3.05, 3.63) is 0 Å². The predicted octanol–water partition coefficient (Wildman–Crippen LogP) is -0.230. The molecule has 1 aliphatic rings. The van der Waals surface area contributed by atoms with E-state index in [4.69, 9.17) is 10.9 Å². The molecule has 92 valence electrons. The van der Waals surface area contributed by atoms with Crippen molar-refractivity contribution in [1.82, 2.24) is 10.6 Å². The average Bonchev–Trinajstić information content (AvgIpc) is 3.01. The molecule has 0 aromatic heterocycles. The van der Waals surface area contributed by atoms with Gasteiger partial charge < -0.3 is 21.6 Å². The van der Waals surface area contributed by atoms with E-state index in [0.717, 1.165) is 12.8 Å². The highest BCUT2D eigenvalue weighted by Crippen LogP contribution is 2.18. The summed E-state index contributed by atoms with van der Waals surface area (Å²) < 4.78 is 0. The number of rotatable bonds is 7. The van der Waals surface area contributed by atoms with Crippen molar-refractivity contribution in [2.45, 2.75) is 44.7 Å². The SMILES string of the molecule is CC(CC(N)=NO)NCCC(=O)NC1CC1. The lowest BCUT2D eigenvalue weighted by Gasteiger charge is -2.12. The van der Waals surface area contributed by atoms with Crippen molar-refractivity contribution in [2.24, 2.45) is 10.9 Å². The van der Waals surface area contributed by atoms with Crippen LogP contribution in [-0.4, -0.2) is 35.6 Å². The maximum atomic E-state index is 11.3. The summed E-state index contributed by atoms with van der Waals surface area (Å²) in [5, 5.41) is 17.3. The van der Waals surface area contributed by atoms with Gasteiger partial charge in [-0.3, -0.25) is 4.79 Å². The Labute approximate surface area is 95.3 Å². The van der Waals surface area contributed by atoms with Crippen LogP contribution in [0.3, 0.4) is 0 Å². The van der Waals surface area contributed by atoms with Crippen molar-refractivity contribution < 1.29 is 10.0 Å². The second-order valence-electron chi connectivity index (χ2n) is 4.24. The lowest BCUT2D eigenvalue weighted by atomic mass is 10.2. The number of carbonyl (C=O) groups is 1. The van der Waals surface area contributed by atoms with Gasteiger partial charge in [-0.05, 0) is 19.8 Å². The molecule has 16 heavy (non-hydrogen) atoms. The number of nitrogens with two attached hydrogens (primary N) is 1. The topological polar surface area (TPSA) is 99.7 Å². The van der Waals surface area contributed by atoms with Gasteiger partial charge in [0, 0.05) is 31.5 Å². The predicted molar refractivity (Wildman–Crippen MR) is 61.3 cm³/mol. The minimum atomic E-state index is 0.0889. The zero-order valence-corrected chi connectivity index (χ0v) is 9.57. The van der Waals surface area contributed by atoms with E-state index < -0.39 is 0 Å². The number of hydrogen-bond acceptors (Lipinski definition) is 4. The number of oxime groups is 1. The molecule has 1 rings (SSSR count). The molecule has 1 saturated carbocycles. The van der Waals surface area contributed by atoms with Gasteiger partial charge in [0.05, 0.1) is 0 Å². The van der Waals surface area contributed by atoms with Crippen LogP contribution < -0.4 is 16.4 Å². The van der Waals surface area contributed by atoms with E-state index in [9.17, 15) is 4.79 Å². The normalized spacial score (nSPS) is 18.2. The second-order valence-corrected chi connectivity index (χ2v) is 4.24. The molecule has 5 N–H and O–H groups in total.